The van der Waals surface area contributed by atoms with Crippen LogP contribution in [0.1, 0.15) is 15.9 Å². The molecule has 1 aliphatic rings. The van der Waals surface area contributed by atoms with Crippen molar-refractivity contribution in [3.05, 3.63) is 72.1 Å². The molecule has 0 atom stereocenters. The van der Waals surface area contributed by atoms with Crippen molar-refractivity contribution in [3.63, 3.8) is 0 Å². The van der Waals surface area contributed by atoms with E-state index >= 15 is 0 Å². The summed E-state index contributed by atoms with van der Waals surface area (Å²) in [7, 11) is 1.62. The second-order valence-electron chi connectivity index (χ2n) is 6.80. The van der Waals surface area contributed by atoms with Crippen LogP contribution in [0.25, 0.3) is 0 Å². The molecule has 0 aliphatic carbocycles. The van der Waals surface area contributed by atoms with Crippen LogP contribution in [0.2, 0.25) is 0 Å². The minimum absolute atomic E-state index is 0.129. The van der Waals surface area contributed by atoms with Crippen molar-refractivity contribution in [2.45, 2.75) is 11.4 Å². The molecule has 2 aromatic carbocycles. The molecule has 1 amide bonds. The van der Waals surface area contributed by atoms with E-state index in [0.29, 0.717) is 36.8 Å². The molecule has 0 radical (unpaired) electrons. The first-order valence-corrected chi connectivity index (χ1v) is 10.8. The molecule has 0 unspecified atom stereocenters. The summed E-state index contributed by atoms with van der Waals surface area (Å²) in [6.45, 7) is 1.70. The number of nitrogens with one attached hydrogen (secondary N) is 1. The first-order chi connectivity index (χ1) is 14.7. The molecule has 0 fully saturated rings. The molecular weight excluding hydrogens is 398 g/mol. The van der Waals surface area contributed by atoms with Crippen LogP contribution in [0.4, 0.5) is 11.4 Å². The van der Waals surface area contributed by atoms with Crippen LogP contribution >= 0.6 is 11.8 Å². The van der Waals surface area contributed by atoms with Gasteiger partial charge in [-0.1, -0.05) is 12.1 Å². The lowest BCUT2D eigenvalue weighted by atomic mass is 10.1. The average Bonchev–Trinajstić information content (AvgIpc) is 2.82. The fourth-order valence-corrected chi connectivity index (χ4v) is 3.73. The van der Waals surface area contributed by atoms with Gasteiger partial charge in [-0.25, -0.2) is 0 Å². The summed E-state index contributed by atoms with van der Waals surface area (Å²) >= 11 is 1.70. The predicted molar refractivity (Wildman–Crippen MR) is 119 cm³/mol. The predicted octanol–water partition coefficient (Wildman–Crippen LogP) is 4.27. The van der Waals surface area contributed by atoms with E-state index in [0.717, 1.165) is 16.9 Å². The van der Waals surface area contributed by atoms with Crippen LogP contribution in [0.3, 0.4) is 0 Å². The van der Waals surface area contributed by atoms with Gasteiger partial charge < -0.3 is 19.7 Å². The van der Waals surface area contributed by atoms with E-state index in [4.69, 9.17) is 9.47 Å². The van der Waals surface area contributed by atoms with Crippen LogP contribution in [0.5, 0.6) is 11.5 Å². The normalized spacial score (nSPS) is 12.7. The maximum atomic E-state index is 12.7. The van der Waals surface area contributed by atoms with Crippen molar-refractivity contribution in [1.29, 1.82) is 0 Å². The number of methoxy groups -OCH3 is 1. The zero-order valence-electron chi connectivity index (χ0n) is 16.9. The summed E-state index contributed by atoms with van der Waals surface area (Å²) < 4.78 is 11.1. The number of anilines is 2. The zero-order valence-corrected chi connectivity index (χ0v) is 17.7. The van der Waals surface area contributed by atoms with Gasteiger partial charge in [0.2, 0.25) is 0 Å². The van der Waals surface area contributed by atoms with Gasteiger partial charge in [-0.05, 0) is 42.2 Å². The number of hydrogen-bond acceptors (Lipinski definition) is 6. The summed E-state index contributed by atoms with van der Waals surface area (Å²) in [5.74, 6) is 1.25. The quantitative estimate of drug-likeness (QED) is 0.600. The summed E-state index contributed by atoms with van der Waals surface area (Å²) in [6.07, 6.45) is 5.51. The fourth-order valence-electron chi connectivity index (χ4n) is 3.32. The van der Waals surface area contributed by atoms with Crippen LogP contribution in [0, 0.1) is 0 Å². The minimum Gasteiger partial charge on any atom is -0.495 e. The summed E-state index contributed by atoms with van der Waals surface area (Å²) in [4.78, 5) is 20.2. The number of nitrogens with zero attached hydrogens (tertiary/aromatic N) is 2. The number of ether oxygens (including phenoxy) is 2. The standard InChI is InChI=1S/C23H23N3O3S/c1-28-19-12-18(14-24-15-19)26-9-10-29-22-11-17(5-8-21(22)26)23(27)25-13-16-3-6-20(30-2)7-4-16/h3-8,11-12,14-15H,9-10,13H2,1-2H3,(H,25,27). The lowest BCUT2D eigenvalue weighted by Gasteiger charge is -2.31. The van der Waals surface area contributed by atoms with E-state index in [2.05, 4.69) is 27.3 Å². The molecule has 30 heavy (non-hydrogen) atoms. The summed E-state index contributed by atoms with van der Waals surface area (Å²) in [6, 6.07) is 15.6. The molecule has 4 rings (SSSR count). The van der Waals surface area contributed by atoms with Crippen LogP contribution in [0.15, 0.2) is 65.8 Å². The zero-order chi connectivity index (χ0) is 20.9. The Morgan fingerprint density at radius 3 is 2.80 bits per heavy atom. The number of hydrogen-bond donors (Lipinski definition) is 1. The Morgan fingerprint density at radius 2 is 2.03 bits per heavy atom. The molecule has 1 N–H and O–H groups in total. The lowest BCUT2D eigenvalue weighted by Crippen LogP contribution is -2.29. The molecule has 2 heterocycles. The molecule has 0 bridgehead atoms. The van der Waals surface area contributed by atoms with E-state index < -0.39 is 0 Å². The van der Waals surface area contributed by atoms with Gasteiger partial charge in [0.25, 0.3) is 5.91 Å². The van der Waals surface area contributed by atoms with Gasteiger partial charge >= 0.3 is 0 Å². The van der Waals surface area contributed by atoms with Crippen molar-refractivity contribution in [2.75, 3.05) is 31.4 Å². The Morgan fingerprint density at radius 1 is 1.20 bits per heavy atom. The number of pyridine rings is 1. The number of carbonyl (C=O) groups excluding carboxylic acids is 1. The first kappa shape index (κ1) is 20.1. The van der Waals surface area contributed by atoms with Gasteiger partial charge in [-0.3, -0.25) is 9.78 Å². The maximum Gasteiger partial charge on any atom is 0.251 e. The number of carbonyl (C=O) groups is 1. The number of aromatic nitrogens is 1. The molecule has 1 aromatic heterocycles. The highest BCUT2D eigenvalue weighted by atomic mass is 32.2. The molecule has 1 aliphatic heterocycles. The Bertz CT molecular complexity index is 1040. The van der Waals surface area contributed by atoms with E-state index in [1.807, 2.05) is 36.6 Å². The molecule has 6 nitrogen and oxygen atoms in total. The van der Waals surface area contributed by atoms with E-state index in [1.165, 1.54) is 4.90 Å². The van der Waals surface area contributed by atoms with Crippen LogP contribution in [-0.4, -0.2) is 37.4 Å². The molecule has 0 saturated carbocycles. The fraction of sp³-hybridized carbons (Fsp3) is 0.217. The Balaban J connectivity index is 1.49. The van der Waals surface area contributed by atoms with Gasteiger partial charge in [0.05, 0.1) is 37.4 Å². The lowest BCUT2D eigenvalue weighted by molar-refractivity contribution is 0.0950. The van der Waals surface area contributed by atoms with Crippen molar-refractivity contribution < 1.29 is 14.3 Å². The van der Waals surface area contributed by atoms with E-state index in [9.17, 15) is 4.79 Å². The highest BCUT2D eigenvalue weighted by molar-refractivity contribution is 7.98. The molecule has 0 spiro atoms. The SMILES string of the molecule is COc1cncc(N2CCOc3cc(C(=O)NCc4ccc(SC)cc4)ccc32)c1. The topological polar surface area (TPSA) is 63.7 Å². The number of benzene rings is 2. The molecule has 3 aromatic rings. The third kappa shape index (κ3) is 4.36. The molecule has 7 heteroatoms. The van der Waals surface area contributed by atoms with Crippen molar-refractivity contribution in [2.24, 2.45) is 0 Å². The number of rotatable bonds is 6. The highest BCUT2D eigenvalue weighted by Gasteiger charge is 2.21. The van der Waals surface area contributed by atoms with Crippen molar-refractivity contribution in [3.8, 4) is 11.5 Å². The van der Waals surface area contributed by atoms with Gasteiger partial charge in [0.15, 0.2) is 0 Å². The van der Waals surface area contributed by atoms with E-state index in [-0.39, 0.29) is 5.91 Å². The van der Waals surface area contributed by atoms with Crippen LogP contribution < -0.4 is 19.7 Å². The third-order valence-electron chi connectivity index (χ3n) is 4.94. The maximum absolute atomic E-state index is 12.7. The Kier molecular flexibility index (Phi) is 6.09. The largest absolute Gasteiger partial charge is 0.495 e. The molecule has 154 valence electrons. The van der Waals surface area contributed by atoms with Crippen molar-refractivity contribution >= 4 is 29.0 Å². The highest BCUT2D eigenvalue weighted by Crippen LogP contribution is 2.37. The average molecular weight is 422 g/mol. The number of fused-ring (bicyclic) bond motifs is 1. The second-order valence-corrected chi connectivity index (χ2v) is 7.68. The second kappa shape index (κ2) is 9.09. The Labute approximate surface area is 180 Å². The third-order valence-corrected chi connectivity index (χ3v) is 5.69. The van der Waals surface area contributed by atoms with Gasteiger partial charge in [0.1, 0.15) is 18.1 Å². The first-order valence-electron chi connectivity index (χ1n) is 9.62. The van der Waals surface area contributed by atoms with Gasteiger partial charge in [0, 0.05) is 23.1 Å². The summed E-state index contributed by atoms with van der Waals surface area (Å²) in [5.41, 5.74) is 3.46. The molecule has 0 saturated heterocycles. The van der Waals surface area contributed by atoms with Gasteiger partial charge in [-0.2, -0.15) is 0 Å². The minimum atomic E-state index is -0.129. The van der Waals surface area contributed by atoms with Crippen LogP contribution in [-0.2, 0) is 6.54 Å². The Hall–Kier alpha value is -3.19. The smallest absolute Gasteiger partial charge is 0.251 e. The van der Waals surface area contributed by atoms with E-state index in [1.54, 1.807) is 37.3 Å². The summed E-state index contributed by atoms with van der Waals surface area (Å²) in [5, 5.41) is 2.98. The monoisotopic (exact) mass is 421 g/mol. The van der Waals surface area contributed by atoms with Gasteiger partial charge in [-0.15, -0.1) is 11.8 Å². The molecular formula is C23H23N3O3S. The van der Waals surface area contributed by atoms with Crippen molar-refractivity contribution in [1.82, 2.24) is 10.3 Å². The number of amides is 1. The number of thioether (sulfide) groups is 1.